The van der Waals surface area contributed by atoms with Gasteiger partial charge in [-0.15, -0.1) is 0 Å². The Balaban J connectivity index is 0.000000131. The number of halogens is 2. The summed E-state index contributed by atoms with van der Waals surface area (Å²) in [7, 11) is 0. The molecular formula is C10H8Cl2N10. The van der Waals surface area contributed by atoms with Gasteiger partial charge in [-0.2, -0.15) is 19.9 Å². The van der Waals surface area contributed by atoms with E-state index in [0.717, 1.165) is 0 Å². The molecule has 0 saturated heterocycles. The van der Waals surface area contributed by atoms with E-state index in [2.05, 4.69) is 39.9 Å². The van der Waals surface area contributed by atoms with E-state index in [-0.39, 0.29) is 11.9 Å². The number of aromatic amines is 2. The van der Waals surface area contributed by atoms with Crippen molar-refractivity contribution in [1.29, 1.82) is 0 Å². The molecule has 112 valence electrons. The molecule has 0 bridgehead atoms. The highest BCUT2D eigenvalue weighted by molar-refractivity contribution is 6.33. The molecule has 0 aromatic carbocycles. The molecule has 0 aliphatic heterocycles. The number of imidazole rings is 2. The highest BCUT2D eigenvalue weighted by Gasteiger charge is 2.05. The van der Waals surface area contributed by atoms with Crippen molar-refractivity contribution >= 4 is 57.4 Å². The number of aromatic nitrogens is 8. The lowest BCUT2D eigenvalue weighted by Crippen LogP contribution is -1.94. The van der Waals surface area contributed by atoms with E-state index in [1.54, 1.807) is 0 Å². The lowest BCUT2D eigenvalue weighted by Gasteiger charge is -1.92. The summed E-state index contributed by atoms with van der Waals surface area (Å²) in [5.74, 6) is 0.268. The molecule has 0 atom stereocenters. The molecule has 6 N–H and O–H groups in total. The number of nitrogens with two attached hydrogens (primary N) is 2. The van der Waals surface area contributed by atoms with Crippen LogP contribution >= 0.6 is 23.2 Å². The van der Waals surface area contributed by atoms with Gasteiger partial charge in [0.05, 0.1) is 12.7 Å². The molecule has 0 aliphatic rings. The Morgan fingerprint density at radius 3 is 1.55 bits per heavy atom. The summed E-state index contributed by atoms with van der Waals surface area (Å²) in [4.78, 5) is 28.5. The van der Waals surface area contributed by atoms with Crippen LogP contribution < -0.4 is 11.5 Å². The standard InChI is InChI=1S/2C5H4ClN5/c2*6-3-2-4(9-1-8-2)11-5(7)10-3/h2*1H,(H3,7,8,9,10,11). The van der Waals surface area contributed by atoms with Crippen LogP contribution in [0.4, 0.5) is 11.9 Å². The number of anilines is 2. The predicted molar refractivity (Wildman–Crippen MR) is 82.2 cm³/mol. The zero-order chi connectivity index (χ0) is 15.7. The number of nitrogen functional groups attached to an aromatic ring is 2. The fourth-order valence-electron chi connectivity index (χ4n) is 1.63. The average molecular weight is 339 g/mol. The van der Waals surface area contributed by atoms with E-state index in [0.29, 0.717) is 32.6 Å². The van der Waals surface area contributed by atoms with Gasteiger partial charge in [-0.1, -0.05) is 23.2 Å². The van der Waals surface area contributed by atoms with Crippen LogP contribution in [-0.2, 0) is 0 Å². The van der Waals surface area contributed by atoms with Gasteiger partial charge >= 0.3 is 0 Å². The van der Waals surface area contributed by atoms with Gasteiger partial charge < -0.3 is 21.4 Å². The molecule has 0 spiro atoms. The fourth-order valence-corrected chi connectivity index (χ4v) is 2.08. The molecule has 0 unspecified atom stereocenters. The lowest BCUT2D eigenvalue weighted by atomic mass is 10.6. The molecule has 0 fully saturated rings. The first-order chi connectivity index (χ1) is 10.5. The Hall–Kier alpha value is -2.72. The molecule has 0 radical (unpaired) electrons. The second kappa shape index (κ2) is 5.58. The third kappa shape index (κ3) is 2.69. The third-order valence-corrected chi connectivity index (χ3v) is 3.06. The molecule has 4 heterocycles. The smallest absolute Gasteiger partial charge is 0.223 e. The molecule has 12 heteroatoms. The number of nitrogens with one attached hydrogen (secondary N) is 2. The molecule has 22 heavy (non-hydrogen) atoms. The quantitative estimate of drug-likeness (QED) is 0.347. The highest BCUT2D eigenvalue weighted by atomic mass is 35.5. The summed E-state index contributed by atoms with van der Waals surface area (Å²) in [5, 5.41) is 0.593. The molecule has 4 aromatic heterocycles. The second-order valence-corrected chi connectivity index (χ2v) is 4.66. The highest BCUT2D eigenvalue weighted by Crippen LogP contribution is 2.17. The van der Waals surface area contributed by atoms with Crippen molar-refractivity contribution in [2.24, 2.45) is 0 Å². The maximum Gasteiger partial charge on any atom is 0.223 e. The Morgan fingerprint density at radius 1 is 0.727 bits per heavy atom. The maximum absolute atomic E-state index is 5.70. The Morgan fingerprint density at radius 2 is 1.14 bits per heavy atom. The van der Waals surface area contributed by atoms with Crippen molar-refractivity contribution in [3.63, 3.8) is 0 Å². The predicted octanol–water partition coefficient (Wildman–Crippen LogP) is 1.18. The van der Waals surface area contributed by atoms with Crippen LogP contribution in [0.5, 0.6) is 0 Å². The van der Waals surface area contributed by atoms with Crippen LogP contribution in [0, 0.1) is 0 Å². The molecule has 0 amide bonds. The first-order valence-corrected chi connectivity index (χ1v) is 6.54. The van der Waals surface area contributed by atoms with Gasteiger partial charge in [0.2, 0.25) is 11.9 Å². The van der Waals surface area contributed by atoms with Crippen LogP contribution in [0.15, 0.2) is 12.7 Å². The van der Waals surface area contributed by atoms with E-state index in [9.17, 15) is 0 Å². The summed E-state index contributed by atoms with van der Waals surface area (Å²) < 4.78 is 0. The largest absolute Gasteiger partial charge is 0.368 e. The maximum atomic E-state index is 5.70. The van der Waals surface area contributed by atoms with Gasteiger partial charge in [-0.25, -0.2) is 9.97 Å². The van der Waals surface area contributed by atoms with Gasteiger partial charge in [0, 0.05) is 0 Å². The van der Waals surface area contributed by atoms with E-state index in [1.807, 2.05) is 0 Å². The first kappa shape index (κ1) is 14.2. The molecule has 10 nitrogen and oxygen atoms in total. The van der Waals surface area contributed by atoms with E-state index in [1.165, 1.54) is 12.7 Å². The SMILES string of the molecule is Nc1nc(Cl)c2[nH]cnc2n1.Nc1nc(Cl)c2[nH]cnc2n1. The number of H-pyrrole nitrogens is 2. The normalized spacial score (nSPS) is 10.6. The van der Waals surface area contributed by atoms with Gasteiger partial charge in [-0.05, 0) is 0 Å². The monoisotopic (exact) mass is 338 g/mol. The zero-order valence-electron chi connectivity index (χ0n) is 10.7. The first-order valence-electron chi connectivity index (χ1n) is 5.79. The molecular weight excluding hydrogens is 331 g/mol. The summed E-state index contributed by atoms with van der Waals surface area (Å²) in [6.45, 7) is 0. The van der Waals surface area contributed by atoms with Crippen LogP contribution in [0.25, 0.3) is 22.3 Å². The summed E-state index contributed by atoms with van der Waals surface area (Å²) in [5.41, 5.74) is 12.8. The number of fused-ring (bicyclic) bond motifs is 2. The minimum atomic E-state index is 0.134. The minimum Gasteiger partial charge on any atom is -0.368 e. The van der Waals surface area contributed by atoms with Crippen molar-refractivity contribution in [2.45, 2.75) is 0 Å². The van der Waals surface area contributed by atoms with Crippen molar-refractivity contribution in [2.75, 3.05) is 11.5 Å². The number of nitrogens with zero attached hydrogens (tertiary/aromatic N) is 6. The Labute approximate surface area is 132 Å². The molecule has 4 rings (SSSR count). The lowest BCUT2D eigenvalue weighted by molar-refractivity contribution is 1.22. The molecule has 4 aromatic rings. The van der Waals surface area contributed by atoms with Gasteiger partial charge in [0.25, 0.3) is 0 Å². The van der Waals surface area contributed by atoms with Crippen LogP contribution in [0.3, 0.4) is 0 Å². The summed E-state index contributed by atoms with van der Waals surface area (Å²) in [6.07, 6.45) is 2.98. The van der Waals surface area contributed by atoms with Crippen molar-refractivity contribution < 1.29 is 0 Å². The van der Waals surface area contributed by atoms with E-state index >= 15 is 0 Å². The van der Waals surface area contributed by atoms with Crippen LogP contribution in [0.1, 0.15) is 0 Å². The topological polar surface area (TPSA) is 161 Å². The number of hydrogen-bond acceptors (Lipinski definition) is 8. The van der Waals surface area contributed by atoms with E-state index in [4.69, 9.17) is 34.7 Å². The van der Waals surface area contributed by atoms with Crippen molar-refractivity contribution in [1.82, 2.24) is 39.9 Å². The number of hydrogen-bond donors (Lipinski definition) is 4. The average Bonchev–Trinajstić information content (AvgIpc) is 3.07. The van der Waals surface area contributed by atoms with E-state index < -0.39 is 0 Å². The number of rotatable bonds is 0. The second-order valence-electron chi connectivity index (χ2n) is 3.95. The zero-order valence-corrected chi connectivity index (χ0v) is 12.3. The Kier molecular flexibility index (Phi) is 3.61. The fraction of sp³-hybridized carbons (Fsp3) is 0. The summed E-state index contributed by atoms with van der Waals surface area (Å²) >= 11 is 11.4. The minimum absolute atomic E-state index is 0.134. The van der Waals surface area contributed by atoms with Crippen LogP contribution in [0.2, 0.25) is 10.3 Å². The summed E-state index contributed by atoms with van der Waals surface area (Å²) in [6, 6.07) is 0. The van der Waals surface area contributed by atoms with Gasteiger partial charge in [0.1, 0.15) is 11.0 Å². The van der Waals surface area contributed by atoms with Crippen molar-refractivity contribution in [3.05, 3.63) is 23.0 Å². The Bertz CT molecular complexity index is 867. The van der Waals surface area contributed by atoms with Crippen LogP contribution in [-0.4, -0.2) is 39.9 Å². The third-order valence-electron chi connectivity index (χ3n) is 2.52. The van der Waals surface area contributed by atoms with Gasteiger partial charge in [-0.3, -0.25) is 0 Å². The molecule has 0 aliphatic carbocycles. The molecule has 0 saturated carbocycles. The van der Waals surface area contributed by atoms with Crippen molar-refractivity contribution in [3.8, 4) is 0 Å². The van der Waals surface area contributed by atoms with Gasteiger partial charge in [0.15, 0.2) is 21.6 Å².